The highest BCUT2D eigenvalue weighted by Gasteiger charge is 2.35. The smallest absolute Gasteiger partial charge is 0.140 e. The van der Waals surface area contributed by atoms with Gasteiger partial charge < -0.3 is 4.74 Å². The summed E-state index contributed by atoms with van der Waals surface area (Å²) in [6.45, 7) is 1.90. The SMILES string of the molecule is CO[C@@H]1CC(=O)[C@@H]1C. The van der Waals surface area contributed by atoms with E-state index < -0.39 is 0 Å². The van der Waals surface area contributed by atoms with E-state index in [2.05, 4.69) is 0 Å². The lowest BCUT2D eigenvalue weighted by atomic mass is 9.82. The summed E-state index contributed by atoms with van der Waals surface area (Å²) in [5, 5.41) is 0. The van der Waals surface area contributed by atoms with Gasteiger partial charge in [0.1, 0.15) is 5.78 Å². The Labute approximate surface area is 48.8 Å². The summed E-state index contributed by atoms with van der Waals surface area (Å²) in [5.74, 6) is 0.483. The Hall–Kier alpha value is -0.370. The molecule has 2 heteroatoms. The minimum atomic E-state index is 0.153. The number of ether oxygens (including phenoxy) is 1. The Morgan fingerprint density at radius 1 is 1.75 bits per heavy atom. The number of carbonyl (C=O) groups excluding carboxylic acids is 1. The summed E-state index contributed by atoms with van der Waals surface area (Å²) in [4.78, 5) is 10.5. The van der Waals surface area contributed by atoms with Crippen molar-refractivity contribution in [3.05, 3.63) is 0 Å². The van der Waals surface area contributed by atoms with Gasteiger partial charge in [0.25, 0.3) is 0 Å². The zero-order chi connectivity index (χ0) is 6.15. The molecule has 8 heavy (non-hydrogen) atoms. The molecule has 0 aromatic rings. The van der Waals surface area contributed by atoms with Crippen LogP contribution < -0.4 is 0 Å². The average Bonchev–Trinajstić information content (AvgIpc) is 1.81. The molecule has 0 aromatic heterocycles. The van der Waals surface area contributed by atoms with Gasteiger partial charge in [-0.15, -0.1) is 0 Å². The highest BCUT2D eigenvalue weighted by molar-refractivity contribution is 5.87. The van der Waals surface area contributed by atoms with Crippen molar-refractivity contribution in [1.82, 2.24) is 0 Å². The second-order valence-electron chi connectivity index (χ2n) is 2.23. The predicted molar refractivity (Wildman–Crippen MR) is 29.6 cm³/mol. The summed E-state index contributed by atoms with van der Waals surface area (Å²) in [6.07, 6.45) is 0.833. The Balaban J connectivity index is 2.35. The molecule has 0 radical (unpaired) electrons. The van der Waals surface area contributed by atoms with Crippen molar-refractivity contribution in [3.8, 4) is 0 Å². The van der Waals surface area contributed by atoms with Crippen LogP contribution in [-0.4, -0.2) is 19.0 Å². The van der Waals surface area contributed by atoms with Crippen LogP contribution in [0.15, 0.2) is 0 Å². The Kier molecular flexibility index (Phi) is 1.34. The topological polar surface area (TPSA) is 26.3 Å². The van der Waals surface area contributed by atoms with Crippen LogP contribution in [0.3, 0.4) is 0 Å². The van der Waals surface area contributed by atoms with E-state index in [1.807, 2.05) is 6.92 Å². The second-order valence-corrected chi connectivity index (χ2v) is 2.23. The van der Waals surface area contributed by atoms with Crippen LogP contribution in [0.4, 0.5) is 0 Å². The number of methoxy groups -OCH3 is 1. The van der Waals surface area contributed by atoms with Crippen molar-refractivity contribution in [1.29, 1.82) is 0 Å². The summed E-state index contributed by atoms with van der Waals surface area (Å²) < 4.78 is 4.95. The molecule has 1 saturated carbocycles. The maximum Gasteiger partial charge on any atom is 0.140 e. The minimum absolute atomic E-state index is 0.153. The number of Topliss-reactive ketones (excluding diaryl/α,β-unsaturated/α-hetero) is 1. The first kappa shape index (κ1) is 5.76. The molecular weight excluding hydrogens is 104 g/mol. The van der Waals surface area contributed by atoms with Gasteiger partial charge in [0.05, 0.1) is 6.10 Å². The van der Waals surface area contributed by atoms with Gasteiger partial charge in [-0.2, -0.15) is 0 Å². The molecule has 0 aromatic carbocycles. The van der Waals surface area contributed by atoms with Crippen LogP contribution >= 0.6 is 0 Å². The van der Waals surface area contributed by atoms with Gasteiger partial charge in [-0.3, -0.25) is 4.79 Å². The summed E-state index contributed by atoms with van der Waals surface area (Å²) >= 11 is 0. The third-order valence-electron chi connectivity index (χ3n) is 1.77. The van der Waals surface area contributed by atoms with Crippen LogP contribution in [0, 0.1) is 5.92 Å². The van der Waals surface area contributed by atoms with E-state index in [0.717, 1.165) is 0 Å². The predicted octanol–water partition coefficient (Wildman–Crippen LogP) is 0.610. The maximum atomic E-state index is 10.5. The first-order valence-electron chi connectivity index (χ1n) is 2.81. The number of rotatable bonds is 1. The second kappa shape index (κ2) is 1.86. The van der Waals surface area contributed by atoms with E-state index in [-0.39, 0.29) is 12.0 Å². The maximum absolute atomic E-state index is 10.5. The Morgan fingerprint density at radius 2 is 2.38 bits per heavy atom. The normalized spacial score (nSPS) is 37.0. The lowest BCUT2D eigenvalue weighted by Gasteiger charge is -2.30. The molecule has 2 nitrogen and oxygen atoms in total. The van der Waals surface area contributed by atoms with Crippen molar-refractivity contribution >= 4 is 5.78 Å². The van der Waals surface area contributed by atoms with Crippen LogP contribution in [-0.2, 0) is 9.53 Å². The number of hydrogen-bond acceptors (Lipinski definition) is 2. The van der Waals surface area contributed by atoms with E-state index in [1.165, 1.54) is 0 Å². The monoisotopic (exact) mass is 114 g/mol. The lowest BCUT2D eigenvalue weighted by molar-refractivity contribution is -0.141. The van der Waals surface area contributed by atoms with Gasteiger partial charge in [0.15, 0.2) is 0 Å². The molecule has 0 N–H and O–H groups in total. The molecule has 0 aliphatic heterocycles. The first-order valence-corrected chi connectivity index (χ1v) is 2.81. The largest absolute Gasteiger partial charge is 0.380 e. The number of ketones is 1. The molecule has 46 valence electrons. The van der Waals surface area contributed by atoms with Gasteiger partial charge in [0, 0.05) is 19.4 Å². The summed E-state index contributed by atoms with van der Waals surface area (Å²) in [5.41, 5.74) is 0. The third-order valence-corrected chi connectivity index (χ3v) is 1.77. The van der Waals surface area contributed by atoms with E-state index in [4.69, 9.17) is 4.74 Å². The fraction of sp³-hybridized carbons (Fsp3) is 0.833. The van der Waals surface area contributed by atoms with Gasteiger partial charge in [-0.25, -0.2) is 0 Å². The quantitative estimate of drug-likeness (QED) is 0.499. The molecule has 2 atom stereocenters. The molecule has 0 heterocycles. The van der Waals surface area contributed by atoms with Crippen LogP contribution in [0.5, 0.6) is 0 Å². The molecular formula is C6H10O2. The molecule has 1 rings (SSSR count). The molecule has 1 fully saturated rings. The van der Waals surface area contributed by atoms with Crippen molar-refractivity contribution in [3.63, 3.8) is 0 Å². The van der Waals surface area contributed by atoms with Crippen LogP contribution in [0.2, 0.25) is 0 Å². The van der Waals surface area contributed by atoms with Crippen molar-refractivity contribution < 1.29 is 9.53 Å². The van der Waals surface area contributed by atoms with Crippen molar-refractivity contribution in [2.24, 2.45) is 5.92 Å². The zero-order valence-corrected chi connectivity index (χ0v) is 5.18. The third kappa shape index (κ3) is 0.650. The van der Waals surface area contributed by atoms with Gasteiger partial charge >= 0.3 is 0 Å². The fourth-order valence-electron chi connectivity index (χ4n) is 0.895. The van der Waals surface area contributed by atoms with E-state index in [0.29, 0.717) is 12.2 Å². The number of carbonyl (C=O) groups is 1. The van der Waals surface area contributed by atoms with Crippen LogP contribution in [0.25, 0.3) is 0 Å². The lowest BCUT2D eigenvalue weighted by Crippen LogP contribution is -2.40. The molecule has 1 aliphatic carbocycles. The summed E-state index contributed by atoms with van der Waals surface area (Å²) in [7, 11) is 1.65. The first-order chi connectivity index (χ1) is 3.75. The molecule has 0 amide bonds. The molecule has 0 unspecified atom stereocenters. The molecule has 1 aliphatic rings. The zero-order valence-electron chi connectivity index (χ0n) is 5.18. The van der Waals surface area contributed by atoms with Crippen molar-refractivity contribution in [2.45, 2.75) is 19.4 Å². The van der Waals surface area contributed by atoms with Gasteiger partial charge in [-0.05, 0) is 0 Å². The van der Waals surface area contributed by atoms with Crippen molar-refractivity contribution in [2.75, 3.05) is 7.11 Å². The molecule has 0 spiro atoms. The summed E-state index contributed by atoms with van der Waals surface area (Å²) in [6, 6.07) is 0. The highest BCUT2D eigenvalue weighted by atomic mass is 16.5. The highest BCUT2D eigenvalue weighted by Crippen LogP contribution is 2.24. The van der Waals surface area contributed by atoms with Gasteiger partial charge in [0.2, 0.25) is 0 Å². The fourth-order valence-corrected chi connectivity index (χ4v) is 0.895. The number of hydrogen-bond donors (Lipinski definition) is 0. The standard InChI is InChI=1S/C6H10O2/c1-4-5(7)3-6(4)8-2/h4,6H,3H2,1-2H3/t4-,6+/m0/s1. The van der Waals surface area contributed by atoms with E-state index in [1.54, 1.807) is 7.11 Å². The Morgan fingerprint density at radius 3 is 2.50 bits per heavy atom. The Bertz CT molecular complexity index is 109. The van der Waals surface area contributed by atoms with Gasteiger partial charge in [-0.1, -0.05) is 6.92 Å². The molecule has 0 saturated heterocycles. The molecule has 0 bridgehead atoms. The average molecular weight is 114 g/mol. The minimum Gasteiger partial charge on any atom is -0.380 e. The van der Waals surface area contributed by atoms with E-state index >= 15 is 0 Å². The van der Waals surface area contributed by atoms with E-state index in [9.17, 15) is 4.79 Å². The van der Waals surface area contributed by atoms with Crippen LogP contribution in [0.1, 0.15) is 13.3 Å².